The van der Waals surface area contributed by atoms with Crippen molar-refractivity contribution in [1.29, 1.82) is 0 Å². The Morgan fingerprint density at radius 3 is 2.72 bits per heavy atom. The molecular formula is C25H30N8O2S. The average molecular weight is 507 g/mol. The van der Waals surface area contributed by atoms with Gasteiger partial charge in [-0.15, -0.1) is 0 Å². The number of piperazine rings is 1. The van der Waals surface area contributed by atoms with Gasteiger partial charge in [-0.3, -0.25) is 9.29 Å². The van der Waals surface area contributed by atoms with Crippen LogP contribution in [0.5, 0.6) is 0 Å². The Morgan fingerprint density at radius 2 is 1.97 bits per heavy atom. The number of sulfonamides is 1. The lowest BCUT2D eigenvalue weighted by atomic mass is 10.1. The van der Waals surface area contributed by atoms with E-state index in [-0.39, 0.29) is 0 Å². The SMILES string of the molecule is C[C@H]1CNCCN1c1ccc(Nc2ncc3ccn(Cc4ncccc4N(C)S(C)(=O)=O)c3n2)cc1. The van der Waals surface area contributed by atoms with Gasteiger partial charge in [0.25, 0.3) is 0 Å². The predicted molar refractivity (Wildman–Crippen MR) is 144 cm³/mol. The maximum atomic E-state index is 12.1. The van der Waals surface area contributed by atoms with E-state index in [9.17, 15) is 8.42 Å². The second-order valence-corrected chi connectivity index (χ2v) is 11.0. The molecule has 0 saturated carbocycles. The fourth-order valence-electron chi connectivity index (χ4n) is 4.43. The number of rotatable bonds is 7. The second kappa shape index (κ2) is 9.75. The van der Waals surface area contributed by atoms with Gasteiger partial charge in [-0.05, 0) is 49.4 Å². The van der Waals surface area contributed by atoms with Crippen LogP contribution in [-0.2, 0) is 16.6 Å². The third-order valence-electron chi connectivity index (χ3n) is 6.48. The molecule has 4 aromatic rings. The number of benzene rings is 1. The van der Waals surface area contributed by atoms with Crippen LogP contribution < -0.4 is 19.8 Å². The summed E-state index contributed by atoms with van der Waals surface area (Å²) in [5, 5.41) is 7.60. The summed E-state index contributed by atoms with van der Waals surface area (Å²) in [6.07, 6.45) is 6.52. The van der Waals surface area contributed by atoms with Crippen molar-refractivity contribution in [3.63, 3.8) is 0 Å². The number of anilines is 4. The van der Waals surface area contributed by atoms with Gasteiger partial charge in [0, 0.05) is 68.1 Å². The first-order valence-electron chi connectivity index (χ1n) is 11.8. The Labute approximate surface area is 211 Å². The highest BCUT2D eigenvalue weighted by molar-refractivity contribution is 7.92. The number of pyridine rings is 1. The van der Waals surface area contributed by atoms with Gasteiger partial charge in [-0.25, -0.2) is 13.4 Å². The zero-order valence-corrected chi connectivity index (χ0v) is 21.4. The van der Waals surface area contributed by atoms with Crippen molar-refractivity contribution in [2.75, 3.05) is 47.5 Å². The Bertz CT molecular complexity index is 1470. The number of aromatic nitrogens is 4. The first-order valence-corrected chi connectivity index (χ1v) is 13.7. The molecule has 11 heteroatoms. The average Bonchev–Trinajstić information content (AvgIpc) is 3.26. The normalized spacial score (nSPS) is 16.3. The van der Waals surface area contributed by atoms with Crippen LogP contribution in [0.4, 0.5) is 23.0 Å². The number of hydrogen-bond donors (Lipinski definition) is 2. The van der Waals surface area contributed by atoms with Crippen molar-refractivity contribution in [2.45, 2.75) is 19.5 Å². The van der Waals surface area contributed by atoms with Crippen LogP contribution in [0.3, 0.4) is 0 Å². The van der Waals surface area contributed by atoms with Crippen molar-refractivity contribution in [1.82, 2.24) is 24.8 Å². The Morgan fingerprint density at radius 1 is 1.17 bits per heavy atom. The van der Waals surface area contributed by atoms with E-state index in [1.54, 1.807) is 24.5 Å². The second-order valence-electron chi connectivity index (χ2n) is 9.03. The fourth-order valence-corrected chi connectivity index (χ4v) is 4.95. The van der Waals surface area contributed by atoms with E-state index >= 15 is 0 Å². The molecule has 1 fully saturated rings. The summed E-state index contributed by atoms with van der Waals surface area (Å²) >= 11 is 0. The van der Waals surface area contributed by atoms with E-state index in [1.807, 2.05) is 29.0 Å². The monoisotopic (exact) mass is 506 g/mol. The minimum Gasteiger partial charge on any atom is -0.366 e. The molecule has 3 aromatic heterocycles. The molecule has 1 aliphatic rings. The van der Waals surface area contributed by atoms with Crippen molar-refractivity contribution >= 4 is 44.1 Å². The summed E-state index contributed by atoms with van der Waals surface area (Å²) in [6, 6.07) is 14.2. The maximum Gasteiger partial charge on any atom is 0.232 e. The molecule has 0 bridgehead atoms. The molecule has 0 radical (unpaired) electrons. The molecule has 0 aliphatic carbocycles. The molecule has 0 amide bonds. The first-order chi connectivity index (χ1) is 17.3. The predicted octanol–water partition coefficient (Wildman–Crippen LogP) is 2.81. The molecule has 4 heterocycles. The molecular weight excluding hydrogens is 476 g/mol. The molecule has 10 nitrogen and oxygen atoms in total. The van der Waals surface area contributed by atoms with E-state index in [0.717, 1.165) is 36.4 Å². The summed E-state index contributed by atoms with van der Waals surface area (Å²) in [5.41, 5.74) is 4.00. The lowest BCUT2D eigenvalue weighted by molar-refractivity contribution is 0.501. The molecule has 188 valence electrons. The van der Waals surface area contributed by atoms with Gasteiger partial charge in [0.15, 0.2) is 0 Å². The van der Waals surface area contributed by atoms with Crippen molar-refractivity contribution in [3.8, 4) is 0 Å². The van der Waals surface area contributed by atoms with E-state index in [2.05, 4.69) is 44.6 Å². The maximum absolute atomic E-state index is 12.1. The van der Waals surface area contributed by atoms with Crippen molar-refractivity contribution < 1.29 is 8.42 Å². The first kappa shape index (κ1) is 24.0. The zero-order chi connectivity index (χ0) is 25.3. The Hall–Kier alpha value is -3.70. The Balaban J connectivity index is 1.37. The summed E-state index contributed by atoms with van der Waals surface area (Å²) in [7, 11) is -1.88. The standard InChI is InChI=1S/C25H30N8O2S/c1-18-15-26-12-14-33(18)21-8-6-20(7-9-21)29-25-28-16-19-10-13-32(24(19)30-25)17-22-23(5-4-11-27-22)31(2)36(3,34)35/h4-11,13,16,18,26H,12,14-15,17H2,1-3H3,(H,28,29,30)/t18-/m0/s1. The van der Waals surface area contributed by atoms with Gasteiger partial charge in [0.05, 0.1) is 24.2 Å². The summed E-state index contributed by atoms with van der Waals surface area (Å²) in [6.45, 7) is 5.56. The highest BCUT2D eigenvalue weighted by Gasteiger charge is 2.19. The largest absolute Gasteiger partial charge is 0.366 e. The molecule has 1 atom stereocenters. The molecule has 36 heavy (non-hydrogen) atoms. The van der Waals surface area contributed by atoms with Crippen LogP contribution in [0.25, 0.3) is 11.0 Å². The molecule has 1 aliphatic heterocycles. The third kappa shape index (κ3) is 4.98. The molecule has 2 N–H and O–H groups in total. The topological polar surface area (TPSA) is 108 Å². The van der Waals surface area contributed by atoms with Crippen LogP contribution in [0.15, 0.2) is 61.1 Å². The van der Waals surface area contributed by atoms with E-state index in [1.165, 1.54) is 23.3 Å². The molecule has 0 unspecified atom stereocenters. The minimum absolute atomic E-state index is 0.369. The molecule has 1 saturated heterocycles. The van der Waals surface area contributed by atoms with Gasteiger partial charge in [-0.1, -0.05) is 0 Å². The van der Waals surface area contributed by atoms with Crippen LogP contribution in [0.2, 0.25) is 0 Å². The zero-order valence-electron chi connectivity index (χ0n) is 20.6. The number of hydrogen-bond acceptors (Lipinski definition) is 8. The summed E-state index contributed by atoms with van der Waals surface area (Å²) in [4.78, 5) is 16.1. The van der Waals surface area contributed by atoms with E-state index in [0.29, 0.717) is 29.9 Å². The van der Waals surface area contributed by atoms with Gasteiger partial charge in [-0.2, -0.15) is 4.98 Å². The van der Waals surface area contributed by atoms with Crippen LogP contribution in [-0.4, -0.2) is 66.9 Å². The third-order valence-corrected chi connectivity index (χ3v) is 7.67. The van der Waals surface area contributed by atoms with Crippen LogP contribution in [0.1, 0.15) is 12.6 Å². The van der Waals surface area contributed by atoms with Gasteiger partial charge >= 0.3 is 0 Å². The van der Waals surface area contributed by atoms with Crippen LogP contribution >= 0.6 is 0 Å². The highest BCUT2D eigenvalue weighted by atomic mass is 32.2. The van der Waals surface area contributed by atoms with E-state index < -0.39 is 10.0 Å². The number of fused-ring (bicyclic) bond motifs is 1. The quantitative estimate of drug-likeness (QED) is 0.394. The molecule has 1 aromatic carbocycles. The number of nitrogens with one attached hydrogen (secondary N) is 2. The van der Waals surface area contributed by atoms with Gasteiger partial charge < -0.3 is 20.1 Å². The Kier molecular flexibility index (Phi) is 6.50. The van der Waals surface area contributed by atoms with Gasteiger partial charge in [0.1, 0.15) is 5.65 Å². The number of nitrogens with zero attached hydrogens (tertiary/aromatic N) is 6. The summed E-state index contributed by atoms with van der Waals surface area (Å²) < 4.78 is 27.4. The van der Waals surface area contributed by atoms with Gasteiger partial charge in [0.2, 0.25) is 16.0 Å². The smallest absolute Gasteiger partial charge is 0.232 e. The minimum atomic E-state index is -3.41. The van der Waals surface area contributed by atoms with Crippen molar-refractivity contribution in [3.05, 3.63) is 66.7 Å². The van der Waals surface area contributed by atoms with Crippen molar-refractivity contribution in [2.24, 2.45) is 0 Å². The lowest BCUT2D eigenvalue weighted by Crippen LogP contribution is -2.49. The summed E-state index contributed by atoms with van der Waals surface area (Å²) in [5.74, 6) is 0.486. The molecule has 0 spiro atoms. The fraction of sp³-hybridized carbons (Fsp3) is 0.320. The lowest BCUT2D eigenvalue weighted by Gasteiger charge is -2.36. The van der Waals surface area contributed by atoms with Crippen LogP contribution in [0, 0.1) is 0 Å². The van der Waals surface area contributed by atoms with E-state index in [4.69, 9.17) is 4.98 Å². The highest BCUT2D eigenvalue weighted by Crippen LogP contribution is 2.25. The molecule has 5 rings (SSSR count).